The van der Waals surface area contributed by atoms with E-state index in [2.05, 4.69) is 25.2 Å². The van der Waals surface area contributed by atoms with Gasteiger partial charge in [0.1, 0.15) is 18.9 Å². The molecule has 0 spiro atoms. The van der Waals surface area contributed by atoms with Crippen LogP contribution in [0.15, 0.2) is 18.2 Å². The lowest BCUT2D eigenvalue weighted by molar-refractivity contribution is -0.871. The first-order chi connectivity index (χ1) is 9.65. The molecule has 0 saturated carbocycles. The molecule has 4 heteroatoms. The molecule has 0 radical (unpaired) electrons. The number of ether oxygens (including phenoxy) is 1. The fourth-order valence-corrected chi connectivity index (χ4v) is 2.18. The van der Waals surface area contributed by atoms with Crippen LogP contribution in [0.3, 0.4) is 0 Å². The molecule has 0 saturated heterocycles. The summed E-state index contributed by atoms with van der Waals surface area (Å²) in [4.78, 5) is 13.0. The fraction of sp³-hybridized carbons (Fsp3) is 0.588. The van der Waals surface area contributed by atoms with E-state index in [0.29, 0.717) is 13.2 Å². The molecule has 0 aromatic heterocycles. The van der Waals surface area contributed by atoms with Crippen molar-refractivity contribution in [1.82, 2.24) is 5.32 Å². The van der Waals surface area contributed by atoms with Gasteiger partial charge in [0, 0.05) is 5.54 Å². The number of amides is 1. The summed E-state index contributed by atoms with van der Waals surface area (Å²) < 4.78 is 5.77. The molecule has 0 aliphatic carbocycles. The van der Waals surface area contributed by atoms with Gasteiger partial charge in [0.15, 0.2) is 6.54 Å². The van der Waals surface area contributed by atoms with Gasteiger partial charge in [-0.25, -0.2) is 0 Å². The van der Waals surface area contributed by atoms with Crippen molar-refractivity contribution in [2.24, 2.45) is 0 Å². The van der Waals surface area contributed by atoms with Gasteiger partial charge < -0.3 is 15.0 Å². The van der Waals surface area contributed by atoms with Crippen LogP contribution in [0.1, 0.15) is 31.9 Å². The molecular formula is C17H29N2O2+. The van der Waals surface area contributed by atoms with Gasteiger partial charge in [-0.15, -0.1) is 0 Å². The van der Waals surface area contributed by atoms with E-state index in [4.69, 9.17) is 4.74 Å². The highest BCUT2D eigenvalue weighted by Gasteiger charge is 2.16. The lowest BCUT2D eigenvalue weighted by Crippen LogP contribution is -3.11. The molecule has 118 valence electrons. The van der Waals surface area contributed by atoms with Crippen molar-refractivity contribution in [2.75, 3.05) is 26.7 Å². The van der Waals surface area contributed by atoms with Gasteiger partial charge in [-0.1, -0.05) is 6.07 Å². The minimum Gasteiger partial charge on any atom is -0.488 e. The maximum Gasteiger partial charge on any atom is 0.275 e. The number of nitrogens with one attached hydrogen (secondary N) is 2. The largest absolute Gasteiger partial charge is 0.488 e. The van der Waals surface area contributed by atoms with Gasteiger partial charge in [-0.2, -0.15) is 0 Å². The highest BCUT2D eigenvalue weighted by atomic mass is 16.5. The van der Waals surface area contributed by atoms with Crippen molar-refractivity contribution in [1.29, 1.82) is 0 Å². The van der Waals surface area contributed by atoms with E-state index in [0.717, 1.165) is 17.2 Å². The number of benzene rings is 1. The molecule has 1 rings (SSSR count). The second kappa shape index (κ2) is 7.46. The Morgan fingerprint density at radius 2 is 1.76 bits per heavy atom. The zero-order valence-corrected chi connectivity index (χ0v) is 14.2. The van der Waals surface area contributed by atoms with Gasteiger partial charge in [0.25, 0.3) is 5.91 Å². The summed E-state index contributed by atoms with van der Waals surface area (Å²) in [5.41, 5.74) is 2.23. The van der Waals surface area contributed by atoms with E-state index in [1.807, 2.05) is 40.0 Å². The third kappa shape index (κ3) is 7.71. The van der Waals surface area contributed by atoms with Crippen molar-refractivity contribution >= 4 is 5.91 Å². The van der Waals surface area contributed by atoms with Gasteiger partial charge in [0.2, 0.25) is 0 Å². The monoisotopic (exact) mass is 293 g/mol. The average Bonchev–Trinajstić information content (AvgIpc) is 2.24. The zero-order valence-electron chi connectivity index (χ0n) is 14.2. The summed E-state index contributed by atoms with van der Waals surface area (Å²) in [6, 6.07) is 6.20. The Morgan fingerprint density at radius 3 is 2.29 bits per heavy atom. The van der Waals surface area contributed by atoms with Crippen molar-refractivity contribution in [3.8, 4) is 5.75 Å². The van der Waals surface area contributed by atoms with Crippen LogP contribution in [0.25, 0.3) is 0 Å². The molecule has 1 atom stereocenters. The molecule has 0 bridgehead atoms. The number of rotatable bonds is 6. The summed E-state index contributed by atoms with van der Waals surface area (Å²) in [5, 5.41) is 2.97. The fourth-order valence-electron chi connectivity index (χ4n) is 2.18. The lowest BCUT2D eigenvalue weighted by atomic mass is 10.1. The molecule has 2 N–H and O–H groups in total. The third-order valence-electron chi connectivity index (χ3n) is 2.97. The van der Waals surface area contributed by atoms with Crippen LogP contribution in [-0.2, 0) is 4.79 Å². The molecule has 1 aromatic carbocycles. The first-order valence-electron chi connectivity index (χ1n) is 7.49. The normalized spacial score (nSPS) is 12.9. The number of hydrogen-bond acceptors (Lipinski definition) is 2. The minimum atomic E-state index is -0.174. The maximum absolute atomic E-state index is 11.8. The Kier molecular flexibility index (Phi) is 6.21. The van der Waals surface area contributed by atoms with Crippen LogP contribution in [0.2, 0.25) is 0 Å². The smallest absolute Gasteiger partial charge is 0.275 e. The van der Waals surface area contributed by atoms with Crippen LogP contribution in [0, 0.1) is 13.8 Å². The molecule has 0 fully saturated rings. The van der Waals surface area contributed by atoms with Crippen LogP contribution >= 0.6 is 0 Å². The van der Waals surface area contributed by atoms with E-state index in [1.54, 1.807) is 0 Å². The van der Waals surface area contributed by atoms with E-state index in [1.165, 1.54) is 11.1 Å². The van der Waals surface area contributed by atoms with Crippen molar-refractivity contribution < 1.29 is 14.4 Å². The van der Waals surface area contributed by atoms with Crippen molar-refractivity contribution in [2.45, 2.75) is 40.2 Å². The molecule has 4 nitrogen and oxygen atoms in total. The minimum absolute atomic E-state index is 0.0754. The van der Waals surface area contributed by atoms with Crippen LogP contribution in [-0.4, -0.2) is 38.2 Å². The van der Waals surface area contributed by atoms with E-state index < -0.39 is 0 Å². The van der Waals surface area contributed by atoms with Crippen molar-refractivity contribution in [3.05, 3.63) is 29.3 Å². The highest BCUT2D eigenvalue weighted by molar-refractivity contribution is 5.77. The number of hydrogen-bond donors (Lipinski definition) is 2. The lowest BCUT2D eigenvalue weighted by Gasteiger charge is -2.22. The van der Waals surface area contributed by atoms with Gasteiger partial charge >= 0.3 is 0 Å². The Hall–Kier alpha value is -1.55. The first kappa shape index (κ1) is 17.5. The summed E-state index contributed by atoms with van der Waals surface area (Å²) in [7, 11) is 2.01. The van der Waals surface area contributed by atoms with E-state index in [-0.39, 0.29) is 11.4 Å². The summed E-state index contributed by atoms with van der Waals surface area (Å²) >= 11 is 0. The van der Waals surface area contributed by atoms with E-state index >= 15 is 0 Å². The second-order valence-electron chi connectivity index (χ2n) is 6.85. The Labute approximate surface area is 128 Å². The first-order valence-corrected chi connectivity index (χ1v) is 7.49. The molecule has 1 amide bonds. The maximum atomic E-state index is 11.8. The van der Waals surface area contributed by atoms with Crippen LogP contribution in [0.5, 0.6) is 5.75 Å². The van der Waals surface area contributed by atoms with Gasteiger partial charge in [0.05, 0.1) is 7.05 Å². The van der Waals surface area contributed by atoms with Crippen LogP contribution in [0.4, 0.5) is 0 Å². The predicted molar refractivity (Wildman–Crippen MR) is 85.9 cm³/mol. The quantitative estimate of drug-likeness (QED) is 0.825. The summed E-state index contributed by atoms with van der Waals surface area (Å²) in [6.07, 6.45) is 0. The second-order valence-corrected chi connectivity index (χ2v) is 6.85. The molecular weight excluding hydrogens is 264 g/mol. The number of aryl methyl sites for hydroxylation is 2. The Balaban J connectivity index is 2.33. The Morgan fingerprint density at radius 1 is 1.19 bits per heavy atom. The van der Waals surface area contributed by atoms with Crippen LogP contribution < -0.4 is 15.0 Å². The number of quaternary nitrogens is 1. The summed E-state index contributed by atoms with van der Waals surface area (Å²) in [5.74, 6) is 0.978. The molecule has 1 aromatic rings. The topological polar surface area (TPSA) is 42.8 Å². The number of likely N-dealkylation sites (N-methyl/N-ethyl adjacent to an activating group) is 1. The highest BCUT2D eigenvalue weighted by Crippen LogP contribution is 2.15. The molecule has 0 aliphatic rings. The molecule has 1 unspecified atom stereocenters. The molecule has 21 heavy (non-hydrogen) atoms. The van der Waals surface area contributed by atoms with Gasteiger partial charge in [-0.05, 0) is 57.9 Å². The number of carbonyl (C=O) groups excluding carboxylic acids is 1. The number of carbonyl (C=O) groups is 1. The summed E-state index contributed by atoms with van der Waals surface area (Å²) in [6.45, 7) is 12.0. The SMILES string of the molecule is Cc1cc(C)cc(OCC[NH+](C)CC(=O)NC(C)(C)C)c1. The average molecular weight is 293 g/mol. The third-order valence-corrected chi connectivity index (χ3v) is 2.97. The zero-order chi connectivity index (χ0) is 16.0. The molecule has 0 aliphatic heterocycles. The Bertz CT molecular complexity index is 458. The van der Waals surface area contributed by atoms with Crippen molar-refractivity contribution in [3.63, 3.8) is 0 Å². The molecule has 0 heterocycles. The standard InChI is InChI=1S/C17H28N2O2/c1-13-9-14(2)11-15(10-13)21-8-7-19(6)12-16(20)18-17(3,4)5/h9-11H,7-8,12H2,1-6H3,(H,18,20)/p+1. The predicted octanol–water partition coefficient (Wildman–Crippen LogP) is 1.11. The van der Waals surface area contributed by atoms with Gasteiger partial charge in [-0.3, -0.25) is 4.79 Å². The van der Waals surface area contributed by atoms with E-state index in [9.17, 15) is 4.79 Å².